The van der Waals surface area contributed by atoms with Crippen LogP contribution in [0.5, 0.6) is 0 Å². The lowest BCUT2D eigenvalue weighted by Crippen LogP contribution is -2.47. The van der Waals surface area contributed by atoms with E-state index in [0.29, 0.717) is 6.54 Å². The van der Waals surface area contributed by atoms with Crippen molar-refractivity contribution in [1.29, 1.82) is 0 Å². The average Bonchev–Trinajstić information content (AvgIpc) is 2.42. The Kier molecular flexibility index (Phi) is 4.66. The number of rotatable bonds is 1. The van der Waals surface area contributed by atoms with Crippen LogP contribution in [0.2, 0.25) is 0 Å². The van der Waals surface area contributed by atoms with Gasteiger partial charge in [0.05, 0.1) is 0 Å². The first-order valence-corrected chi connectivity index (χ1v) is 7.60. The molecule has 1 heterocycles. The topological polar surface area (TPSA) is 49.4 Å². The molecule has 1 aromatic rings. The second kappa shape index (κ2) is 6.29. The fraction of sp³-hybridized carbons (Fsp3) is 0.529. The van der Waals surface area contributed by atoms with Gasteiger partial charge in [0, 0.05) is 18.3 Å². The molecule has 21 heavy (non-hydrogen) atoms. The van der Waals surface area contributed by atoms with E-state index < -0.39 is 11.8 Å². The first-order chi connectivity index (χ1) is 9.90. The maximum atomic E-state index is 12.3. The van der Waals surface area contributed by atoms with Crippen LogP contribution in [-0.2, 0) is 9.59 Å². The summed E-state index contributed by atoms with van der Waals surface area (Å²) in [6.45, 7) is 8.60. The molecule has 1 fully saturated rings. The van der Waals surface area contributed by atoms with Crippen molar-refractivity contribution in [3.05, 3.63) is 28.8 Å². The van der Waals surface area contributed by atoms with Gasteiger partial charge in [-0.15, -0.1) is 0 Å². The van der Waals surface area contributed by atoms with Crippen LogP contribution in [0, 0.1) is 20.8 Å². The molecule has 0 aromatic heterocycles. The highest BCUT2D eigenvalue weighted by Crippen LogP contribution is 2.22. The van der Waals surface area contributed by atoms with E-state index in [-0.39, 0.29) is 6.04 Å². The Morgan fingerprint density at radius 2 is 1.76 bits per heavy atom. The van der Waals surface area contributed by atoms with Gasteiger partial charge in [-0.3, -0.25) is 9.59 Å². The predicted molar refractivity (Wildman–Crippen MR) is 84.3 cm³/mol. The summed E-state index contributed by atoms with van der Waals surface area (Å²) in [5.41, 5.74) is 3.88. The van der Waals surface area contributed by atoms with Crippen LogP contribution >= 0.6 is 0 Å². The van der Waals surface area contributed by atoms with Gasteiger partial charge in [0.25, 0.3) is 0 Å². The zero-order valence-electron chi connectivity index (χ0n) is 13.3. The molecule has 4 nitrogen and oxygen atoms in total. The van der Waals surface area contributed by atoms with Crippen molar-refractivity contribution in [1.82, 2.24) is 4.90 Å². The standard InChI is InChI=1S/C17H24N2O2/c1-11-9-12(2)15(13(3)10-11)18-16(20)17(21)19-8-6-5-7-14(19)4/h9-10,14H,5-8H2,1-4H3,(H,18,20). The van der Waals surface area contributed by atoms with Crippen LogP contribution in [0.4, 0.5) is 5.69 Å². The number of nitrogens with zero attached hydrogens (tertiary/aromatic N) is 1. The summed E-state index contributed by atoms with van der Waals surface area (Å²) in [5, 5.41) is 2.79. The smallest absolute Gasteiger partial charge is 0.313 e. The maximum absolute atomic E-state index is 12.3. The molecule has 1 aliphatic heterocycles. The van der Waals surface area contributed by atoms with E-state index in [2.05, 4.69) is 5.32 Å². The fourth-order valence-corrected chi connectivity index (χ4v) is 3.07. The van der Waals surface area contributed by atoms with Crippen molar-refractivity contribution < 1.29 is 9.59 Å². The first-order valence-electron chi connectivity index (χ1n) is 7.60. The largest absolute Gasteiger partial charge is 0.332 e. The molecule has 1 N–H and O–H groups in total. The minimum Gasteiger partial charge on any atom is -0.332 e. The van der Waals surface area contributed by atoms with Gasteiger partial charge in [-0.05, 0) is 58.1 Å². The van der Waals surface area contributed by atoms with Crippen molar-refractivity contribution in [3.8, 4) is 0 Å². The molecule has 4 heteroatoms. The molecular weight excluding hydrogens is 264 g/mol. The SMILES string of the molecule is Cc1cc(C)c(NC(=O)C(=O)N2CCCCC2C)c(C)c1. The van der Waals surface area contributed by atoms with Gasteiger partial charge in [-0.1, -0.05) is 17.7 Å². The number of aryl methyl sites for hydroxylation is 3. The van der Waals surface area contributed by atoms with E-state index in [1.165, 1.54) is 0 Å². The normalized spacial score (nSPS) is 18.5. The zero-order valence-corrected chi connectivity index (χ0v) is 13.3. The number of anilines is 1. The lowest BCUT2D eigenvalue weighted by molar-refractivity contribution is -0.145. The van der Waals surface area contributed by atoms with E-state index in [4.69, 9.17) is 0 Å². The summed E-state index contributed by atoms with van der Waals surface area (Å²) < 4.78 is 0. The molecule has 1 saturated heterocycles. The van der Waals surface area contributed by atoms with Crippen LogP contribution in [-0.4, -0.2) is 29.3 Å². The number of carbonyl (C=O) groups excluding carboxylic acids is 2. The number of benzene rings is 1. The fourth-order valence-electron chi connectivity index (χ4n) is 3.07. The molecule has 0 radical (unpaired) electrons. The molecule has 1 unspecified atom stereocenters. The van der Waals surface area contributed by atoms with Gasteiger partial charge in [0.2, 0.25) is 0 Å². The van der Waals surface area contributed by atoms with E-state index in [0.717, 1.165) is 41.6 Å². The molecule has 1 aliphatic rings. The number of nitrogens with one attached hydrogen (secondary N) is 1. The number of likely N-dealkylation sites (tertiary alicyclic amines) is 1. The molecule has 0 bridgehead atoms. The minimum absolute atomic E-state index is 0.150. The van der Waals surface area contributed by atoms with Crippen molar-refractivity contribution >= 4 is 17.5 Å². The second-order valence-electron chi connectivity index (χ2n) is 6.07. The molecule has 0 aliphatic carbocycles. The van der Waals surface area contributed by atoms with Gasteiger partial charge in [0.15, 0.2) is 0 Å². The Balaban J connectivity index is 2.13. The van der Waals surface area contributed by atoms with Gasteiger partial charge in [-0.25, -0.2) is 0 Å². The van der Waals surface area contributed by atoms with E-state index in [1.54, 1.807) is 4.90 Å². The number of amides is 2. The number of hydrogen-bond acceptors (Lipinski definition) is 2. The van der Waals surface area contributed by atoms with Crippen LogP contribution in [0.15, 0.2) is 12.1 Å². The van der Waals surface area contributed by atoms with E-state index in [1.807, 2.05) is 39.8 Å². The van der Waals surface area contributed by atoms with Crippen LogP contribution in [0.1, 0.15) is 42.9 Å². The Labute approximate surface area is 126 Å². The number of carbonyl (C=O) groups is 2. The summed E-state index contributed by atoms with van der Waals surface area (Å²) >= 11 is 0. The number of hydrogen-bond donors (Lipinski definition) is 1. The third kappa shape index (κ3) is 3.43. The summed E-state index contributed by atoms with van der Waals surface area (Å²) in [7, 11) is 0. The lowest BCUT2D eigenvalue weighted by Gasteiger charge is -2.32. The van der Waals surface area contributed by atoms with Crippen molar-refractivity contribution in [2.24, 2.45) is 0 Å². The summed E-state index contributed by atoms with van der Waals surface area (Å²) in [4.78, 5) is 26.3. The Morgan fingerprint density at radius 1 is 1.14 bits per heavy atom. The van der Waals surface area contributed by atoms with Gasteiger partial charge >= 0.3 is 11.8 Å². The van der Waals surface area contributed by atoms with Gasteiger partial charge in [-0.2, -0.15) is 0 Å². The third-order valence-corrected chi connectivity index (χ3v) is 4.17. The molecule has 2 amide bonds. The second-order valence-corrected chi connectivity index (χ2v) is 6.07. The van der Waals surface area contributed by atoms with E-state index >= 15 is 0 Å². The summed E-state index contributed by atoms with van der Waals surface area (Å²) in [5.74, 6) is -0.944. The zero-order chi connectivity index (χ0) is 15.6. The highest BCUT2D eigenvalue weighted by molar-refractivity contribution is 6.39. The highest BCUT2D eigenvalue weighted by Gasteiger charge is 2.28. The van der Waals surface area contributed by atoms with Crippen molar-refractivity contribution in [2.45, 2.75) is 53.0 Å². The molecule has 1 aromatic carbocycles. The Morgan fingerprint density at radius 3 is 2.33 bits per heavy atom. The van der Waals surface area contributed by atoms with Crippen LogP contribution in [0.25, 0.3) is 0 Å². The van der Waals surface area contributed by atoms with E-state index in [9.17, 15) is 9.59 Å². The highest BCUT2D eigenvalue weighted by atomic mass is 16.2. The van der Waals surface area contributed by atoms with Crippen molar-refractivity contribution in [3.63, 3.8) is 0 Å². The summed E-state index contributed by atoms with van der Waals surface area (Å²) in [6.07, 6.45) is 3.08. The summed E-state index contributed by atoms with van der Waals surface area (Å²) in [6, 6.07) is 4.17. The molecule has 0 spiro atoms. The van der Waals surface area contributed by atoms with Crippen LogP contribution in [0.3, 0.4) is 0 Å². The van der Waals surface area contributed by atoms with Crippen molar-refractivity contribution in [2.75, 3.05) is 11.9 Å². The molecule has 1 atom stereocenters. The monoisotopic (exact) mass is 288 g/mol. The van der Waals surface area contributed by atoms with Gasteiger partial charge < -0.3 is 10.2 Å². The number of piperidine rings is 1. The average molecular weight is 288 g/mol. The Hall–Kier alpha value is -1.84. The Bertz CT molecular complexity index is 543. The quantitative estimate of drug-likeness (QED) is 0.808. The van der Waals surface area contributed by atoms with Crippen LogP contribution < -0.4 is 5.32 Å². The van der Waals surface area contributed by atoms with Gasteiger partial charge in [0.1, 0.15) is 0 Å². The maximum Gasteiger partial charge on any atom is 0.313 e. The molecule has 2 rings (SSSR count). The molecular formula is C17H24N2O2. The minimum atomic E-state index is -0.529. The molecule has 114 valence electrons. The third-order valence-electron chi connectivity index (χ3n) is 4.17. The lowest BCUT2D eigenvalue weighted by atomic mass is 10.0. The first kappa shape index (κ1) is 15.5. The predicted octanol–water partition coefficient (Wildman–Crippen LogP) is 2.95. The molecule has 0 saturated carbocycles.